The van der Waals surface area contributed by atoms with Gasteiger partial charge in [0.05, 0.1) is 12.3 Å². The van der Waals surface area contributed by atoms with Crippen LogP contribution in [0.4, 0.5) is 5.13 Å². The van der Waals surface area contributed by atoms with Crippen LogP contribution in [0.3, 0.4) is 0 Å². The lowest BCUT2D eigenvalue weighted by molar-refractivity contribution is -0.115. The molecule has 0 saturated carbocycles. The van der Waals surface area contributed by atoms with Crippen molar-refractivity contribution in [2.75, 3.05) is 17.7 Å². The van der Waals surface area contributed by atoms with Crippen molar-refractivity contribution >= 4 is 40.1 Å². The van der Waals surface area contributed by atoms with Gasteiger partial charge in [-0.15, -0.1) is 11.8 Å². The highest BCUT2D eigenvalue weighted by molar-refractivity contribution is 7.99. The number of thiazole rings is 1. The second-order valence-corrected chi connectivity index (χ2v) is 6.78. The largest absolute Gasteiger partial charge is 0.462 e. The van der Waals surface area contributed by atoms with Crippen LogP contribution in [0.25, 0.3) is 0 Å². The molecule has 23 heavy (non-hydrogen) atoms. The van der Waals surface area contributed by atoms with E-state index in [-0.39, 0.29) is 5.91 Å². The number of rotatable bonds is 7. The maximum atomic E-state index is 11.9. The van der Waals surface area contributed by atoms with Crippen LogP contribution in [-0.2, 0) is 9.53 Å². The van der Waals surface area contributed by atoms with E-state index in [0.29, 0.717) is 34.5 Å². The summed E-state index contributed by atoms with van der Waals surface area (Å²) < 4.78 is 4.96. The summed E-state index contributed by atoms with van der Waals surface area (Å²) in [6, 6.07) is 9.93. The number of nitrogens with one attached hydrogen (secondary N) is 1. The number of hydrogen-bond donors (Lipinski definition) is 1. The Kier molecular flexibility index (Phi) is 6.61. The van der Waals surface area contributed by atoms with Crippen LogP contribution in [-0.4, -0.2) is 29.2 Å². The Morgan fingerprint density at radius 1 is 1.30 bits per heavy atom. The van der Waals surface area contributed by atoms with Gasteiger partial charge < -0.3 is 10.1 Å². The number of esters is 1. The van der Waals surface area contributed by atoms with E-state index in [9.17, 15) is 9.59 Å². The minimum absolute atomic E-state index is 0.113. The smallest absolute Gasteiger partial charge is 0.350 e. The highest BCUT2D eigenvalue weighted by Crippen LogP contribution is 2.24. The minimum atomic E-state index is -0.400. The first-order valence-corrected chi connectivity index (χ1v) is 9.02. The van der Waals surface area contributed by atoms with Crippen molar-refractivity contribution in [2.45, 2.75) is 25.2 Å². The van der Waals surface area contributed by atoms with Gasteiger partial charge in [-0.2, -0.15) is 0 Å². The molecule has 2 rings (SSSR count). The Morgan fingerprint density at radius 2 is 2.04 bits per heavy atom. The van der Waals surface area contributed by atoms with Crippen molar-refractivity contribution in [3.8, 4) is 0 Å². The van der Waals surface area contributed by atoms with Crippen LogP contribution >= 0.6 is 23.1 Å². The fraction of sp³-hybridized carbons (Fsp3) is 0.312. The molecule has 1 aromatic heterocycles. The molecule has 0 aliphatic rings. The summed E-state index contributed by atoms with van der Waals surface area (Å²) in [5.41, 5.74) is 0.572. The third-order valence-electron chi connectivity index (χ3n) is 2.84. The van der Waals surface area contributed by atoms with Gasteiger partial charge in [0, 0.05) is 17.1 Å². The quantitative estimate of drug-likeness (QED) is 0.608. The molecule has 1 amide bonds. The third-order valence-corrected chi connectivity index (χ3v) is 4.91. The van der Waals surface area contributed by atoms with Crippen molar-refractivity contribution in [3.63, 3.8) is 0 Å². The topological polar surface area (TPSA) is 68.3 Å². The Labute approximate surface area is 143 Å². The van der Waals surface area contributed by atoms with Gasteiger partial charge in [0.2, 0.25) is 5.91 Å². The molecule has 0 atom stereocenters. The van der Waals surface area contributed by atoms with Gasteiger partial charge in [-0.3, -0.25) is 4.79 Å². The van der Waals surface area contributed by atoms with E-state index in [0.717, 1.165) is 16.2 Å². The summed E-state index contributed by atoms with van der Waals surface area (Å²) in [6.45, 7) is 3.79. The predicted molar refractivity (Wildman–Crippen MR) is 93.2 cm³/mol. The molecule has 0 unspecified atom stereocenters. The number of anilines is 1. The van der Waals surface area contributed by atoms with E-state index in [2.05, 4.69) is 10.3 Å². The van der Waals surface area contributed by atoms with Gasteiger partial charge in [-0.05, 0) is 26.0 Å². The molecule has 1 N–H and O–H groups in total. The molecule has 0 aliphatic heterocycles. The number of amides is 1. The Hall–Kier alpha value is -1.86. The average Bonchev–Trinajstić information content (AvgIpc) is 2.89. The minimum Gasteiger partial charge on any atom is -0.462 e. The number of hydrogen-bond acceptors (Lipinski definition) is 6. The van der Waals surface area contributed by atoms with Gasteiger partial charge in [0.25, 0.3) is 0 Å². The number of benzene rings is 1. The summed E-state index contributed by atoms with van der Waals surface area (Å²) in [7, 11) is 0. The normalized spacial score (nSPS) is 10.3. The molecule has 1 heterocycles. The number of ether oxygens (including phenoxy) is 1. The van der Waals surface area contributed by atoms with E-state index in [1.54, 1.807) is 25.6 Å². The van der Waals surface area contributed by atoms with E-state index < -0.39 is 5.97 Å². The first-order chi connectivity index (χ1) is 11.1. The zero-order valence-corrected chi connectivity index (χ0v) is 14.6. The van der Waals surface area contributed by atoms with Gasteiger partial charge in [-0.1, -0.05) is 29.5 Å². The highest BCUT2D eigenvalue weighted by atomic mass is 32.2. The molecule has 0 bridgehead atoms. The predicted octanol–water partition coefficient (Wildman–Crippen LogP) is 3.75. The van der Waals surface area contributed by atoms with Crippen LogP contribution in [0.2, 0.25) is 0 Å². The second-order valence-electron chi connectivity index (χ2n) is 4.61. The van der Waals surface area contributed by atoms with Crippen LogP contribution in [0.15, 0.2) is 35.2 Å². The molecule has 0 saturated heterocycles. The molecule has 2 aromatic rings. The number of nitrogens with zero attached hydrogens (tertiary/aromatic N) is 1. The summed E-state index contributed by atoms with van der Waals surface area (Å²) in [6.07, 6.45) is 0.382. The van der Waals surface area contributed by atoms with Crippen molar-refractivity contribution in [2.24, 2.45) is 0 Å². The molecule has 5 nitrogen and oxygen atoms in total. The number of carbonyl (C=O) groups excluding carboxylic acids is 2. The fourth-order valence-electron chi connectivity index (χ4n) is 1.80. The molecule has 0 radical (unpaired) electrons. The highest BCUT2D eigenvalue weighted by Gasteiger charge is 2.17. The Morgan fingerprint density at radius 3 is 2.74 bits per heavy atom. The van der Waals surface area contributed by atoms with Gasteiger partial charge in [-0.25, -0.2) is 9.78 Å². The average molecular weight is 350 g/mol. The summed E-state index contributed by atoms with van der Waals surface area (Å²) in [5, 5.41) is 3.16. The van der Waals surface area contributed by atoms with Crippen LogP contribution in [0.5, 0.6) is 0 Å². The first kappa shape index (κ1) is 17.5. The van der Waals surface area contributed by atoms with Crippen molar-refractivity contribution in [1.29, 1.82) is 0 Å². The summed E-state index contributed by atoms with van der Waals surface area (Å²) >= 11 is 2.77. The zero-order valence-electron chi connectivity index (χ0n) is 13.0. The zero-order chi connectivity index (χ0) is 16.7. The molecular weight excluding hydrogens is 332 g/mol. The van der Waals surface area contributed by atoms with Crippen LogP contribution < -0.4 is 5.32 Å². The van der Waals surface area contributed by atoms with E-state index in [1.165, 1.54) is 0 Å². The molecule has 7 heteroatoms. The molecule has 1 aromatic carbocycles. The van der Waals surface area contributed by atoms with Gasteiger partial charge in [0.15, 0.2) is 5.13 Å². The lowest BCUT2D eigenvalue weighted by atomic mass is 10.4. The van der Waals surface area contributed by atoms with Crippen LogP contribution in [0, 0.1) is 6.92 Å². The standard InChI is InChI=1S/C16H18N2O3S2/c1-3-21-15(20)14-11(2)17-16(23-14)18-13(19)9-10-22-12-7-5-4-6-8-12/h4-8H,3,9-10H2,1-2H3,(H,17,18,19). The van der Waals surface area contributed by atoms with E-state index >= 15 is 0 Å². The van der Waals surface area contributed by atoms with E-state index in [4.69, 9.17) is 4.74 Å². The first-order valence-electron chi connectivity index (χ1n) is 7.22. The fourth-order valence-corrected chi connectivity index (χ4v) is 3.55. The number of aryl methyl sites for hydroxylation is 1. The SMILES string of the molecule is CCOC(=O)c1sc(NC(=O)CCSc2ccccc2)nc1C. The van der Waals surface area contributed by atoms with E-state index in [1.807, 2.05) is 30.3 Å². The number of thioether (sulfide) groups is 1. The Balaban J connectivity index is 1.83. The lowest BCUT2D eigenvalue weighted by Gasteiger charge is -2.02. The van der Waals surface area contributed by atoms with Crippen molar-refractivity contribution < 1.29 is 14.3 Å². The maximum absolute atomic E-state index is 11.9. The molecule has 0 fully saturated rings. The maximum Gasteiger partial charge on any atom is 0.350 e. The van der Waals surface area contributed by atoms with Gasteiger partial charge in [0.1, 0.15) is 4.88 Å². The summed E-state index contributed by atoms with van der Waals surface area (Å²) in [5.74, 6) is 0.172. The number of aromatic nitrogens is 1. The van der Waals surface area contributed by atoms with Crippen LogP contribution in [0.1, 0.15) is 28.7 Å². The van der Waals surface area contributed by atoms with Crippen molar-refractivity contribution in [3.05, 3.63) is 40.9 Å². The lowest BCUT2D eigenvalue weighted by Crippen LogP contribution is -2.11. The van der Waals surface area contributed by atoms with Crippen molar-refractivity contribution in [1.82, 2.24) is 4.98 Å². The third kappa shape index (κ3) is 5.37. The monoisotopic (exact) mass is 350 g/mol. The Bertz CT molecular complexity index is 671. The molecule has 122 valence electrons. The molecule has 0 spiro atoms. The molecular formula is C16H18N2O3S2. The summed E-state index contributed by atoms with van der Waals surface area (Å²) in [4.78, 5) is 29.4. The van der Waals surface area contributed by atoms with Gasteiger partial charge >= 0.3 is 5.97 Å². The number of carbonyl (C=O) groups is 2. The second kappa shape index (κ2) is 8.69. The molecule has 0 aliphatic carbocycles.